The van der Waals surface area contributed by atoms with Crippen LogP contribution in [0.15, 0.2) is 24.3 Å². The van der Waals surface area contributed by atoms with Gasteiger partial charge in [-0.05, 0) is 37.5 Å². The molecule has 0 aliphatic heterocycles. The molecule has 0 saturated heterocycles. The second kappa shape index (κ2) is 6.82. The predicted octanol–water partition coefficient (Wildman–Crippen LogP) is 1.58. The highest BCUT2D eigenvalue weighted by Crippen LogP contribution is 2.14. The van der Waals surface area contributed by atoms with E-state index in [1.807, 2.05) is 0 Å². The Morgan fingerprint density at radius 1 is 1.39 bits per heavy atom. The summed E-state index contributed by atoms with van der Waals surface area (Å²) < 4.78 is 38.9. The fraction of sp³-hybridized carbons (Fsp3) is 0.500. The van der Waals surface area contributed by atoms with Gasteiger partial charge in [0.05, 0.1) is 5.75 Å². The van der Waals surface area contributed by atoms with Crippen LogP contribution in [0.1, 0.15) is 31.4 Å². The fourth-order valence-corrected chi connectivity index (χ4v) is 2.95. The molecule has 2 N–H and O–H groups in total. The molecule has 4 nitrogen and oxygen atoms in total. The van der Waals surface area contributed by atoms with E-state index in [-0.39, 0.29) is 18.2 Å². The summed E-state index contributed by atoms with van der Waals surface area (Å²) in [5.41, 5.74) is 0.584. The molecule has 0 aliphatic rings. The van der Waals surface area contributed by atoms with Gasteiger partial charge in [0.25, 0.3) is 0 Å². The van der Waals surface area contributed by atoms with Gasteiger partial charge in [0, 0.05) is 12.6 Å². The molecule has 0 heterocycles. The van der Waals surface area contributed by atoms with E-state index in [4.69, 9.17) is 5.11 Å². The van der Waals surface area contributed by atoms with E-state index >= 15 is 0 Å². The van der Waals surface area contributed by atoms with Crippen molar-refractivity contribution in [3.05, 3.63) is 35.6 Å². The van der Waals surface area contributed by atoms with Crippen LogP contribution in [-0.2, 0) is 10.0 Å². The lowest BCUT2D eigenvalue weighted by Gasteiger charge is -2.14. The first-order valence-electron chi connectivity index (χ1n) is 5.81. The molecule has 0 bridgehead atoms. The van der Waals surface area contributed by atoms with Crippen molar-refractivity contribution >= 4 is 10.0 Å². The number of hydrogen-bond acceptors (Lipinski definition) is 3. The largest absolute Gasteiger partial charge is 0.396 e. The van der Waals surface area contributed by atoms with E-state index in [1.165, 1.54) is 12.1 Å². The molecule has 1 aromatic rings. The van der Waals surface area contributed by atoms with Crippen LogP contribution in [0.5, 0.6) is 0 Å². The average molecular weight is 275 g/mol. The van der Waals surface area contributed by atoms with Crippen molar-refractivity contribution < 1.29 is 17.9 Å². The number of sulfonamides is 1. The van der Waals surface area contributed by atoms with Gasteiger partial charge in [0.1, 0.15) is 5.82 Å². The zero-order valence-corrected chi connectivity index (χ0v) is 11.1. The molecule has 1 atom stereocenters. The second-order valence-corrected chi connectivity index (χ2v) is 6.02. The number of rotatable bonds is 7. The number of hydrogen-bond donors (Lipinski definition) is 2. The molecule has 1 aromatic carbocycles. The van der Waals surface area contributed by atoms with Crippen molar-refractivity contribution in [3.63, 3.8) is 0 Å². The predicted molar refractivity (Wildman–Crippen MR) is 68.1 cm³/mol. The molecule has 1 rings (SSSR count). The summed E-state index contributed by atoms with van der Waals surface area (Å²) in [5, 5.41) is 8.60. The molecule has 0 aliphatic carbocycles. The van der Waals surface area contributed by atoms with Crippen LogP contribution in [-0.4, -0.2) is 25.9 Å². The summed E-state index contributed by atoms with van der Waals surface area (Å²) in [6.07, 6.45) is 0.858. The Hall–Kier alpha value is -0.980. The normalized spacial score (nSPS) is 13.5. The highest BCUT2D eigenvalue weighted by Gasteiger charge is 2.15. The Kier molecular flexibility index (Phi) is 5.71. The minimum Gasteiger partial charge on any atom is -0.396 e. The molecule has 0 radical (unpaired) electrons. The first-order chi connectivity index (χ1) is 8.44. The van der Waals surface area contributed by atoms with Crippen molar-refractivity contribution in [1.29, 1.82) is 0 Å². The number of unbranched alkanes of at least 4 members (excludes halogenated alkanes) is 1. The summed E-state index contributed by atoms with van der Waals surface area (Å²) in [5.74, 6) is -0.424. The van der Waals surface area contributed by atoms with Crippen LogP contribution in [0.2, 0.25) is 0 Å². The zero-order valence-electron chi connectivity index (χ0n) is 10.3. The van der Waals surface area contributed by atoms with Gasteiger partial charge in [0.2, 0.25) is 10.0 Å². The van der Waals surface area contributed by atoms with E-state index in [9.17, 15) is 12.8 Å². The van der Waals surface area contributed by atoms with E-state index in [2.05, 4.69) is 4.72 Å². The molecule has 6 heteroatoms. The highest BCUT2D eigenvalue weighted by molar-refractivity contribution is 7.89. The van der Waals surface area contributed by atoms with Crippen LogP contribution in [0, 0.1) is 5.82 Å². The third kappa shape index (κ3) is 5.12. The zero-order chi connectivity index (χ0) is 13.6. The van der Waals surface area contributed by atoms with Gasteiger partial charge in [-0.2, -0.15) is 0 Å². The van der Waals surface area contributed by atoms with Crippen LogP contribution >= 0.6 is 0 Å². The third-order valence-electron chi connectivity index (χ3n) is 2.53. The van der Waals surface area contributed by atoms with Gasteiger partial charge in [-0.25, -0.2) is 17.5 Å². The van der Waals surface area contributed by atoms with E-state index in [0.717, 1.165) is 0 Å². The van der Waals surface area contributed by atoms with Gasteiger partial charge in [-0.1, -0.05) is 12.1 Å². The van der Waals surface area contributed by atoms with E-state index in [1.54, 1.807) is 19.1 Å². The summed E-state index contributed by atoms with van der Waals surface area (Å²) in [7, 11) is -3.40. The molecule has 1 unspecified atom stereocenters. The molecule has 0 saturated carbocycles. The second-order valence-electron chi connectivity index (χ2n) is 4.14. The Morgan fingerprint density at radius 3 is 2.72 bits per heavy atom. The summed E-state index contributed by atoms with van der Waals surface area (Å²) in [6.45, 7) is 1.65. The van der Waals surface area contributed by atoms with Gasteiger partial charge in [-0.3, -0.25) is 0 Å². The number of aliphatic hydroxyl groups excluding tert-OH is 1. The van der Waals surface area contributed by atoms with Crippen molar-refractivity contribution in [2.75, 3.05) is 12.4 Å². The molecular formula is C12H18FNO3S. The lowest BCUT2D eigenvalue weighted by atomic mass is 10.1. The Morgan fingerprint density at radius 2 is 2.11 bits per heavy atom. The smallest absolute Gasteiger partial charge is 0.212 e. The number of halogens is 1. The quantitative estimate of drug-likeness (QED) is 0.742. The molecule has 18 heavy (non-hydrogen) atoms. The number of nitrogens with one attached hydrogen (secondary N) is 1. The lowest BCUT2D eigenvalue weighted by molar-refractivity contribution is 0.287. The highest BCUT2D eigenvalue weighted by atomic mass is 32.2. The van der Waals surface area contributed by atoms with Gasteiger partial charge in [0.15, 0.2) is 0 Å². The van der Waals surface area contributed by atoms with Crippen molar-refractivity contribution in [1.82, 2.24) is 4.72 Å². The maximum absolute atomic E-state index is 13.0. The van der Waals surface area contributed by atoms with Gasteiger partial charge in [-0.15, -0.1) is 0 Å². The van der Waals surface area contributed by atoms with Crippen LogP contribution in [0.4, 0.5) is 4.39 Å². The van der Waals surface area contributed by atoms with Crippen LogP contribution < -0.4 is 4.72 Å². The van der Waals surface area contributed by atoms with Gasteiger partial charge < -0.3 is 5.11 Å². The average Bonchev–Trinajstić information content (AvgIpc) is 2.28. The van der Waals surface area contributed by atoms with Crippen molar-refractivity contribution in [3.8, 4) is 0 Å². The Bertz CT molecular complexity index is 476. The van der Waals surface area contributed by atoms with Crippen LogP contribution in [0.3, 0.4) is 0 Å². The molecule has 0 fully saturated rings. The van der Waals surface area contributed by atoms with Gasteiger partial charge >= 0.3 is 0 Å². The van der Waals surface area contributed by atoms with Crippen molar-refractivity contribution in [2.24, 2.45) is 0 Å². The topological polar surface area (TPSA) is 66.4 Å². The molecule has 0 amide bonds. The first kappa shape index (κ1) is 15.1. The first-order valence-corrected chi connectivity index (χ1v) is 7.46. The van der Waals surface area contributed by atoms with Crippen LogP contribution in [0.25, 0.3) is 0 Å². The summed E-state index contributed by atoms with van der Waals surface area (Å²) >= 11 is 0. The fourth-order valence-electron chi connectivity index (χ4n) is 1.58. The SMILES string of the molecule is CC(NS(=O)(=O)CCCCO)c1cccc(F)c1. The molecule has 102 valence electrons. The van der Waals surface area contributed by atoms with E-state index < -0.39 is 16.1 Å². The minimum atomic E-state index is -3.40. The molecule has 0 aromatic heterocycles. The lowest BCUT2D eigenvalue weighted by Crippen LogP contribution is -2.29. The Labute approximate surface area is 107 Å². The van der Waals surface area contributed by atoms with E-state index in [0.29, 0.717) is 18.4 Å². The van der Waals surface area contributed by atoms with Crippen molar-refractivity contribution in [2.45, 2.75) is 25.8 Å². The minimum absolute atomic E-state index is 0.0189. The number of aliphatic hydroxyl groups is 1. The monoisotopic (exact) mass is 275 g/mol. The summed E-state index contributed by atoms with van der Waals surface area (Å²) in [6, 6.07) is 5.36. The standard InChI is InChI=1S/C12H18FNO3S/c1-10(11-5-4-6-12(13)9-11)14-18(16,17)8-3-2-7-15/h4-6,9-10,14-15H,2-3,7-8H2,1H3. The molecule has 0 spiro atoms. The summed E-state index contributed by atoms with van der Waals surface area (Å²) in [4.78, 5) is 0. The maximum Gasteiger partial charge on any atom is 0.212 e. The molecular weight excluding hydrogens is 257 g/mol. The Balaban J connectivity index is 2.61. The maximum atomic E-state index is 13.0. The number of benzene rings is 1. The third-order valence-corrected chi connectivity index (χ3v) is 4.06.